The van der Waals surface area contributed by atoms with Gasteiger partial charge in [-0.05, 0) is 0 Å². The predicted molar refractivity (Wildman–Crippen MR) is 78.3 cm³/mol. The van der Waals surface area contributed by atoms with Gasteiger partial charge in [0.05, 0.1) is 59.6 Å². The zero-order valence-electron chi connectivity index (χ0n) is 13.0. The van der Waals surface area contributed by atoms with Crippen molar-refractivity contribution < 1.29 is 28.8 Å². The Morgan fingerprint density at radius 1 is 0.857 bits per heavy atom. The molecule has 21 heavy (non-hydrogen) atoms. The van der Waals surface area contributed by atoms with Crippen LogP contribution in [0.4, 0.5) is 0 Å². The number of ether oxygens (including phenoxy) is 4. The second-order valence-electron chi connectivity index (χ2n) is 4.25. The number of Topliss-reactive ketones (excluding diaryl/α,β-unsaturated/α-hetero) is 1. The number of ketones is 1. The van der Waals surface area contributed by atoms with Gasteiger partial charge in [0, 0.05) is 19.4 Å². The van der Waals surface area contributed by atoms with E-state index >= 15 is 0 Å². The number of rotatable bonds is 17. The Hall–Kier alpha value is -0.570. The summed E-state index contributed by atoms with van der Waals surface area (Å²) in [5.74, 6) is 0.221. The van der Waals surface area contributed by atoms with E-state index in [0.717, 1.165) is 0 Å². The Bertz CT molecular complexity index is 228. The summed E-state index contributed by atoms with van der Waals surface area (Å²) in [5.41, 5.74) is 0. The lowest BCUT2D eigenvalue weighted by Gasteiger charge is -2.07. The number of aliphatic hydroxyl groups excluding tert-OH is 1. The van der Waals surface area contributed by atoms with Crippen molar-refractivity contribution in [2.75, 3.05) is 66.1 Å². The third kappa shape index (κ3) is 17.4. The predicted octanol–water partition coefficient (Wildman–Crippen LogP) is -0.0386. The van der Waals surface area contributed by atoms with Crippen LogP contribution in [0.2, 0.25) is 0 Å². The summed E-state index contributed by atoms with van der Waals surface area (Å²) in [4.78, 5) is 11.0. The average molecular weight is 307 g/mol. The molecule has 0 aromatic carbocycles. The van der Waals surface area contributed by atoms with E-state index in [2.05, 4.69) is 5.32 Å². The van der Waals surface area contributed by atoms with E-state index in [9.17, 15) is 4.79 Å². The molecule has 0 aliphatic rings. The lowest BCUT2D eigenvalue weighted by Crippen LogP contribution is -2.21. The van der Waals surface area contributed by atoms with E-state index in [1.807, 2.05) is 6.92 Å². The summed E-state index contributed by atoms with van der Waals surface area (Å²) >= 11 is 0. The summed E-state index contributed by atoms with van der Waals surface area (Å²) in [6.07, 6.45) is 1.05. The summed E-state index contributed by atoms with van der Waals surface area (Å²) < 4.78 is 21.1. The topological polar surface area (TPSA) is 86.3 Å². The first-order chi connectivity index (χ1) is 10.3. The van der Waals surface area contributed by atoms with Crippen LogP contribution in [0.15, 0.2) is 0 Å². The van der Waals surface area contributed by atoms with Crippen LogP contribution >= 0.6 is 0 Å². The zero-order valence-corrected chi connectivity index (χ0v) is 13.0. The molecule has 0 bridgehead atoms. The lowest BCUT2D eigenvalue weighted by atomic mass is 10.2. The van der Waals surface area contributed by atoms with Crippen molar-refractivity contribution in [1.29, 1.82) is 0 Å². The van der Waals surface area contributed by atoms with Gasteiger partial charge in [-0.3, -0.25) is 10.1 Å². The van der Waals surface area contributed by atoms with E-state index in [1.165, 1.54) is 0 Å². The molecule has 0 radical (unpaired) electrons. The second kappa shape index (κ2) is 17.5. The number of carbonyl (C=O) groups excluding carboxylic acids is 1. The Morgan fingerprint density at radius 3 is 1.81 bits per heavy atom. The van der Waals surface area contributed by atoms with Crippen LogP contribution in [0.5, 0.6) is 0 Å². The maximum Gasteiger partial charge on any atom is 0.134 e. The number of hydrogen-bond donors (Lipinski definition) is 2. The Labute approximate surface area is 126 Å². The van der Waals surface area contributed by atoms with Crippen molar-refractivity contribution in [2.24, 2.45) is 0 Å². The maximum atomic E-state index is 11.0. The van der Waals surface area contributed by atoms with Crippen molar-refractivity contribution in [1.82, 2.24) is 5.32 Å². The molecule has 0 aliphatic heterocycles. The summed E-state index contributed by atoms with van der Waals surface area (Å²) in [5, 5.41) is 11.2. The third-order valence-electron chi connectivity index (χ3n) is 2.57. The lowest BCUT2D eigenvalue weighted by molar-refractivity contribution is -0.120. The van der Waals surface area contributed by atoms with Gasteiger partial charge >= 0.3 is 0 Å². The Balaban J connectivity index is 2.98. The molecule has 126 valence electrons. The standard InChI is InChI=1S/C14H29NO6/c1-2-14(17)3-5-18-7-9-20-11-12-21-10-8-19-6-4-15-13-16/h15-16H,2-13H2,1H3. The minimum absolute atomic E-state index is 0.0319. The minimum atomic E-state index is -0.0319. The largest absolute Gasteiger partial charge is 0.381 e. The Kier molecular flexibility index (Phi) is 17.0. The SMILES string of the molecule is CCC(=O)CCOCCOCCOCCOCCNCO. The molecule has 0 fully saturated rings. The quantitative estimate of drug-likeness (QED) is 0.288. The maximum absolute atomic E-state index is 11.0. The van der Waals surface area contributed by atoms with Gasteiger partial charge in [0.15, 0.2) is 0 Å². The van der Waals surface area contributed by atoms with E-state index in [-0.39, 0.29) is 12.5 Å². The fourth-order valence-corrected chi connectivity index (χ4v) is 1.35. The van der Waals surface area contributed by atoms with Crippen molar-refractivity contribution in [3.05, 3.63) is 0 Å². The van der Waals surface area contributed by atoms with Gasteiger partial charge in [-0.2, -0.15) is 0 Å². The van der Waals surface area contributed by atoms with Gasteiger partial charge in [-0.25, -0.2) is 0 Å². The fraction of sp³-hybridized carbons (Fsp3) is 0.929. The monoisotopic (exact) mass is 307 g/mol. The molecule has 0 spiro atoms. The van der Waals surface area contributed by atoms with Crippen LogP contribution in [0, 0.1) is 0 Å². The van der Waals surface area contributed by atoms with Crippen LogP contribution in [0.3, 0.4) is 0 Å². The Morgan fingerprint density at radius 2 is 1.33 bits per heavy atom. The molecular weight excluding hydrogens is 278 g/mol. The average Bonchev–Trinajstić information content (AvgIpc) is 2.50. The van der Waals surface area contributed by atoms with Crippen LogP contribution in [0.25, 0.3) is 0 Å². The van der Waals surface area contributed by atoms with Crippen molar-refractivity contribution in [3.63, 3.8) is 0 Å². The van der Waals surface area contributed by atoms with Crippen LogP contribution < -0.4 is 5.32 Å². The first-order valence-electron chi connectivity index (χ1n) is 7.45. The van der Waals surface area contributed by atoms with Gasteiger partial charge in [0.1, 0.15) is 5.78 Å². The molecule has 7 heteroatoms. The first kappa shape index (κ1) is 20.4. The molecule has 0 amide bonds. The molecule has 0 heterocycles. The van der Waals surface area contributed by atoms with Gasteiger partial charge in [-0.1, -0.05) is 6.92 Å². The second-order valence-corrected chi connectivity index (χ2v) is 4.25. The molecule has 0 aliphatic carbocycles. The minimum Gasteiger partial charge on any atom is -0.381 e. The summed E-state index contributed by atoms with van der Waals surface area (Å²) in [6.45, 7) is 6.57. The van der Waals surface area contributed by atoms with Gasteiger partial charge in [-0.15, -0.1) is 0 Å². The van der Waals surface area contributed by atoms with Crippen LogP contribution in [-0.4, -0.2) is 77.0 Å². The molecule has 0 aromatic rings. The molecular formula is C14H29NO6. The third-order valence-corrected chi connectivity index (χ3v) is 2.57. The molecule has 0 unspecified atom stereocenters. The van der Waals surface area contributed by atoms with Crippen molar-refractivity contribution >= 4 is 5.78 Å². The highest BCUT2D eigenvalue weighted by molar-refractivity contribution is 5.78. The van der Waals surface area contributed by atoms with Gasteiger partial charge in [0.25, 0.3) is 0 Å². The normalized spacial score (nSPS) is 11.0. The van der Waals surface area contributed by atoms with Gasteiger partial charge < -0.3 is 24.1 Å². The molecule has 0 atom stereocenters. The summed E-state index contributed by atoms with van der Waals surface area (Å²) in [6, 6.07) is 0. The smallest absolute Gasteiger partial charge is 0.134 e. The fourth-order valence-electron chi connectivity index (χ4n) is 1.35. The molecule has 0 saturated carbocycles. The molecule has 0 saturated heterocycles. The highest BCUT2D eigenvalue weighted by Gasteiger charge is 1.97. The van der Waals surface area contributed by atoms with Crippen LogP contribution in [-0.2, 0) is 23.7 Å². The molecule has 0 aromatic heterocycles. The van der Waals surface area contributed by atoms with E-state index < -0.39 is 0 Å². The molecule has 2 N–H and O–H groups in total. The number of hydrogen-bond acceptors (Lipinski definition) is 7. The molecule has 0 rings (SSSR count). The highest BCUT2D eigenvalue weighted by Crippen LogP contribution is 1.90. The summed E-state index contributed by atoms with van der Waals surface area (Å²) in [7, 11) is 0. The number of nitrogens with one attached hydrogen (secondary N) is 1. The van der Waals surface area contributed by atoms with E-state index in [4.69, 9.17) is 24.1 Å². The highest BCUT2D eigenvalue weighted by atomic mass is 16.6. The zero-order chi connectivity index (χ0) is 15.6. The van der Waals surface area contributed by atoms with Gasteiger partial charge in [0.2, 0.25) is 0 Å². The van der Waals surface area contributed by atoms with E-state index in [0.29, 0.717) is 72.2 Å². The van der Waals surface area contributed by atoms with E-state index in [1.54, 1.807) is 0 Å². The van der Waals surface area contributed by atoms with Crippen molar-refractivity contribution in [3.8, 4) is 0 Å². The number of aliphatic hydroxyl groups is 1. The molecule has 7 nitrogen and oxygen atoms in total. The number of carbonyl (C=O) groups is 1. The first-order valence-corrected chi connectivity index (χ1v) is 7.45. The van der Waals surface area contributed by atoms with Crippen molar-refractivity contribution in [2.45, 2.75) is 19.8 Å². The van der Waals surface area contributed by atoms with Crippen LogP contribution in [0.1, 0.15) is 19.8 Å².